The van der Waals surface area contributed by atoms with Gasteiger partial charge in [0, 0.05) is 38.6 Å². The number of nitrogens with one attached hydrogen (secondary N) is 1. The highest BCUT2D eigenvalue weighted by atomic mass is 35.5. The van der Waals surface area contributed by atoms with Crippen LogP contribution in [0.2, 0.25) is 0 Å². The molecule has 8 heteroatoms. The Hall–Kier alpha value is -1.15. The van der Waals surface area contributed by atoms with Gasteiger partial charge in [-0.2, -0.15) is 0 Å². The molecular formula is C19H30ClN3O3S. The van der Waals surface area contributed by atoms with Gasteiger partial charge in [-0.15, -0.1) is 12.4 Å². The van der Waals surface area contributed by atoms with E-state index in [2.05, 4.69) is 36.5 Å². The van der Waals surface area contributed by atoms with Crippen LogP contribution in [0.25, 0.3) is 0 Å². The van der Waals surface area contributed by atoms with Crippen LogP contribution in [0.5, 0.6) is 0 Å². The van der Waals surface area contributed by atoms with Gasteiger partial charge in [0.05, 0.1) is 12.3 Å². The summed E-state index contributed by atoms with van der Waals surface area (Å²) in [6, 6.07) is 8.58. The van der Waals surface area contributed by atoms with Crippen molar-refractivity contribution in [2.75, 3.05) is 39.0 Å². The second-order valence-electron chi connectivity index (χ2n) is 7.28. The van der Waals surface area contributed by atoms with Gasteiger partial charge in [-0.1, -0.05) is 31.2 Å². The maximum Gasteiger partial charge on any atom is 0.226 e. The molecule has 0 spiro atoms. The highest BCUT2D eigenvalue weighted by Gasteiger charge is 2.35. The molecule has 0 aliphatic carbocycles. The Bertz CT molecular complexity index is 731. The van der Waals surface area contributed by atoms with E-state index in [0.29, 0.717) is 32.5 Å². The van der Waals surface area contributed by atoms with Gasteiger partial charge in [0.2, 0.25) is 15.9 Å². The number of hydrogen-bond acceptors (Lipinski definition) is 4. The van der Waals surface area contributed by atoms with Crippen LogP contribution in [0.3, 0.4) is 0 Å². The first kappa shape index (κ1) is 22.1. The molecule has 152 valence electrons. The van der Waals surface area contributed by atoms with E-state index >= 15 is 0 Å². The Morgan fingerprint density at radius 1 is 1.15 bits per heavy atom. The van der Waals surface area contributed by atoms with E-state index in [9.17, 15) is 13.2 Å². The Morgan fingerprint density at radius 3 is 2.33 bits per heavy atom. The van der Waals surface area contributed by atoms with E-state index in [1.54, 1.807) is 0 Å². The molecular weight excluding hydrogens is 386 g/mol. The number of aryl methyl sites for hydroxylation is 1. The van der Waals surface area contributed by atoms with Gasteiger partial charge in [0.1, 0.15) is 0 Å². The lowest BCUT2D eigenvalue weighted by Gasteiger charge is -2.40. The zero-order chi connectivity index (χ0) is 18.7. The second-order valence-corrected chi connectivity index (χ2v) is 9.27. The molecule has 2 aliphatic rings. The number of hydrogen-bond donors (Lipinski definition) is 1. The maximum atomic E-state index is 13.1. The first-order chi connectivity index (χ1) is 12.4. The van der Waals surface area contributed by atoms with Gasteiger partial charge in [0.15, 0.2) is 0 Å². The summed E-state index contributed by atoms with van der Waals surface area (Å²) in [5.41, 5.74) is 2.46. The number of piperazine rings is 1. The van der Waals surface area contributed by atoms with Gasteiger partial charge in [0.25, 0.3) is 0 Å². The van der Waals surface area contributed by atoms with E-state index < -0.39 is 10.0 Å². The third-order valence-corrected chi connectivity index (χ3v) is 6.87. The predicted molar refractivity (Wildman–Crippen MR) is 110 cm³/mol. The number of piperidine rings is 1. The fraction of sp³-hybridized carbons (Fsp3) is 0.632. The number of amides is 1. The van der Waals surface area contributed by atoms with Gasteiger partial charge < -0.3 is 10.2 Å². The normalized spacial score (nSPS) is 22.3. The quantitative estimate of drug-likeness (QED) is 0.814. The minimum Gasteiger partial charge on any atom is -0.333 e. The lowest BCUT2D eigenvalue weighted by atomic mass is 9.93. The lowest BCUT2D eigenvalue weighted by molar-refractivity contribution is -0.140. The van der Waals surface area contributed by atoms with Crippen molar-refractivity contribution in [3.63, 3.8) is 0 Å². The molecule has 3 rings (SSSR count). The summed E-state index contributed by atoms with van der Waals surface area (Å²) in [5, 5.41) is 3.40. The molecule has 2 heterocycles. The van der Waals surface area contributed by atoms with Crippen LogP contribution in [-0.2, 0) is 21.2 Å². The van der Waals surface area contributed by atoms with E-state index in [0.717, 1.165) is 25.1 Å². The molecule has 1 aromatic rings. The summed E-state index contributed by atoms with van der Waals surface area (Å²) in [6.07, 6.45) is 3.46. The molecule has 1 amide bonds. The van der Waals surface area contributed by atoms with Crippen LogP contribution in [0, 0.1) is 5.92 Å². The van der Waals surface area contributed by atoms with Crippen LogP contribution >= 0.6 is 12.4 Å². The number of sulfonamides is 1. The van der Waals surface area contributed by atoms with Crippen molar-refractivity contribution in [3.05, 3.63) is 35.4 Å². The molecule has 2 aliphatic heterocycles. The van der Waals surface area contributed by atoms with Gasteiger partial charge in [-0.25, -0.2) is 12.7 Å². The van der Waals surface area contributed by atoms with E-state index in [4.69, 9.17) is 0 Å². The molecule has 2 saturated heterocycles. The molecule has 0 saturated carbocycles. The lowest BCUT2D eigenvalue weighted by Crippen LogP contribution is -2.52. The van der Waals surface area contributed by atoms with Crippen molar-refractivity contribution < 1.29 is 13.2 Å². The molecule has 0 aromatic heterocycles. The minimum atomic E-state index is -3.16. The summed E-state index contributed by atoms with van der Waals surface area (Å²) >= 11 is 0. The van der Waals surface area contributed by atoms with Crippen molar-refractivity contribution in [1.82, 2.24) is 14.5 Å². The Labute approximate surface area is 168 Å². The number of carbonyl (C=O) groups is 1. The third kappa shape index (κ3) is 5.22. The van der Waals surface area contributed by atoms with Gasteiger partial charge in [-0.3, -0.25) is 4.79 Å². The van der Waals surface area contributed by atoms with Crippen LogP contribution < -0.4 is 5.32 Å². The Kier molecular flexibility index (Phi) is 7.68. The number of nitrogens with zero attached hydrogens (tertiary/aromatic N) is 2. The topological polar surface area (TPSA) is 69.7 Å². The molecule has 27 heavy (non-hydrogen) atoms. The van der Waals surface area contributed by atoms with Gasteiger partial charge >= 0.3 is 0 Å². The van der Waals surface area contributed by atoms with Gasteiger partial charge in [-0.05, 0) is 30.4 Å². The van der Waals surface area contributed by atoms with Crippen LogP contribution in [0.1, 0.15) is 36.9 Å². The molecule has 0 radical (unpaired) electrons. The van der Waals surface area contributed by atoms with Crippen molar-refractivity contribution >= 4 is 28.3 Å². The highest BCUT2D eigenvalue weighted by molar-refractivity contribution is 7.88. The highest BCUT2D eigenvalue weighted by Crippen LogP contribution is 2.28. The Balaban J connectivity index is 0.00000261. The van der Waals surface area contributed by atoms with E-state index in [1.807, 2.05) is 4.90 Å². The SMILES string of the molecule is CCc1ccc(C2CNCCN2C(=O)C2CCN(S(C)(=O)=O)CC2)cc1.Cl. The zero-order valence-corrected chi connectivity index (χ0v) is 17.7. The van der Waals surface area contributed by atoms with Crippen LogP contribution in [0.15, 0.2) is 24.3 Å². The largest absolute Gasteiger partial charge is 0.333 e. The van der Waals surface area contributed by atoms with Crippen LogP contribution in [-0.4, -0.2) is 62.5 Å². The average Bonchev–Trinajstić information content (AvgIpc) is 2.67. The number of carbonyl (C=O) groups excluding carboxylic acids is 1. The standard InChI is InChI=1S/C19H29N3O3S.ClH/c1-3-15-4-6-16(7-5-15)18-14-20-10-13-22(18)19(23)17-8-11-21(12-9-17)26(2,24)25;/h4-7,17-18,20H,3,8-14H2,1-2H3;1H. The average molecular weight is 416 g/mol. The summed E-state index contributed by atoms with van der Waals surface area (Å²) in [6.45, 7) is 5.28. The summed E-state index contributed by atoms with van der Waals surface area (Å²) in [7, 11) is -3.16. The first-order valence-corrected chi connectivity index (χ1v) is 11.3. The molecule has 1 atom stereocenters. The zero-order valence-electron chi connectivity index (χ0n) is 16.1. The number of benzene rings is 1. The Morgan fingerprint density at radius 2 is 1.78 bits per heavy atom. The molecule has 0 bridgehead atoms. The van der Waals surface area contributed by atoms with Crippen molar-refractivity contribution in [1.29, 1.82) is 0 Å². The molecule has 1 unspecified atom stereocenters. The summed E-state index contributed by atoms with van der Waals surface area (Å²) in [4.78, 5) is 15.1. The molecule has 1 aromatic carbocycles. The third-order valence-electron chi connectivity index (χ3n) is 5.57. The minimum absolute atomic E-state index is 0. The predicted octanol–water partition coefficient (Wildman–Crippen LogP) is 1.82. The van der Waals surface area contributed by atoms with E-state index in [-0.39, 0.29) is 30.3 Å². The summed E-state index contributed by atoms with van der Waals surface area (Å²) in [5.74, 6) is 0.0905. The maximum absolute atomic E-state index is 13.1. The van der Waals surface area contributed by atoms with E-state index in [1.165, 1.54) is 16.1 Å². The fourth-order valence-corrected chi connectivity index (χ4v) is 4.78. The monoisotopic (exact) mass is 415 g/mol. The molecule has 2 fully saturated rings. The first-order valence-electron chi connectivity index (χ1n) is 9.45. The smallest absolute Gasteiger partial charge is 0.226 e. The van der Waals surface area contributed by atoms with Crippen LogP contribution in [0.4, 0.5) is 0 Å². The van der Waals surface area contributed by atoms with Crippen molar-refractivity contribution in [2.24, 2.45) is 5.92 Å². The number of rotatable bonds is 4. The molecule has 6 nitrogen and oxygen atoms in total. The second kappa shape index (κ2) is 9.37. The molecule has 1 N–H and O–H groups in total. The fourth-order valence-electron chi connectivity index (χ4n) is 3.91. The van der Waals surface area contributed by atoms with Crippen molar-refractivity contribution in [3.8, 4) is 0 Å². The van der Waals surface area contributed by atoms with Crippen molar-refractivity contribution in [2.45, 2.75) is 32.2 Å². The summed E-state index contributed by atoms with van der Waals surface area (Å²) < 4.78 is 24.8. The number of halogens is 1.